The average Bonchev–Trinajstić information content (AvgIpc) is 3.01. The molecule has 0 unspecified atom stereocenters. The average molecular weight is 490 g/mol. The molecule has 0 spiro atoms. The van der Waals surface area contributed by atoms with Gasteiger partial charge in [-0.1, -0.05) is 38.1 Å². The first kappa shape index (κ1) is 25.7. The summed E-state index contributed by atoms with van der Waals surface area (Å²) in [5.41, 5.74) is 13.3. The van der Waals surface area contributed by atoms with Crippen molar-refractivity contribution in [2.45, 2.75) is 64.1 Å². The fraction of sp³-hybridized carbons (Fsp3) is 0.345. The number of aromatic nitrogens is 2. The van der Waals surface area contributed by atoms with Crippen LogP contribution >= 0.6 is 0 Å². The summed E-state index contributed by atoms with van der Waals surface area (Å²) < 4.78 is 13.9. The Morgan fingerprint density at radius 1 is 1.08 bits per heavy atom. The molecule has 2 heterocycles. The molecule has 0 saturated heterocycles. The van der Waals surface area contributed by atoms with Crippen LogP contribution in [0.3, 0.4) is 0 Å². The molecule has 188 valence electrons. The van der Waals surface area contributed by atoms with E-state index in [2.05, 4.69) is 18.8 Å². The van der Waals surface area contributed by atoms with Crippen molar-refractivity contribution < 1.29 is 19.4 Å². The second kappa shape index (κ2) is 11.1. The van der Waals surface area contributed by atoms with E-state index in [0.29, 0.717) is 12.1 Å². The minimum absolute atomic E-state index is 0.0265. The summed E-state index contributed by atoms with van der Waals surface area (Å²) in [5.74, 6) is 0.218. The SMILES string of the molecule is CC(C)c1nc2c(c(-c3ccc(F)cc3)c1/C=C/[C@@H](O)C[C@@H](O)CC=O)CCCc1nc(N)ccc1-2. The van der Waals surface area contributed by atoms with Gasteiger partial charge in [-0.2, -0.15) is 0 Å². The number of pyridine rings is 2. The van der Waals surface area contributed by atoms with Crippen LogP contribution in [0, 0.1) is 5.82 Å². The van der Waals surface area contributed by atoms with Crippen molar-refractivity contribution in [3.05, 3.63) is 70.8 Å². The number of nitrogen functional groups attached to an aromatic ring is 1. The van der Waals surface area contributed by atoms with Gasteiger partial charge in [0.1, 0.15) is 17.9 Å². The molecular weight excluding hydrogens is 457 g/mol. The van der Waals surface area contributed by atoms with Crippen LogP contribution in [0.25, 0.3) is 28.5 Å². The van der Waals surface area contributed by atoms with Crippen molar-refractivity contribution in [3.8, 4) is 22.4 Å². The Labute approximate surface area is 210 Å². The molecule has 4 rings (SSSR count). The Kier molecular flexibility index (Phi) is 7.91. The Morgan fingerprint density at radius 2 is 1.83 bits per heavy atom. The van der Waals surface area contributed by atoms with E-state index in [1.54, 1.807) is 24.3 Å². The van der Waals surface area contributed by atoms with E-state index in [0.717, 1.165) is 64.2 Å². The first-order chi connectivity index (χ1) is 17.3. The molecule has 1 aliphatic rings. The van der Waals surface area contributed by atoms with Gasteiger partial charge in [0, 0.05) is 24.0 Å². The topological polar surface area (TPSA) is 109 Å². The molecule has 4 N–H and O–H groups in total. The molecule has 7 heteroatoms. The number of aryl methyl sites for hydroxylation is 1. The number of hydrogen-bond donors (Lipinski definition) is 3. The summed E-state index contributed by atoms with van der Waals surface area (Å²) in [5, 5.41) is 20.5. The van der Waals surface area contributed by atoms with Gasteiger partial charge in [0.15, 0.2) is 0 Å². The van der Waals surface area contributed by atoms with Crippen LogP contribution < -0.4 is 5.73 Å². The van der Waals surface area contributed by atoms with Gasteiger partial charge in [-0.15, -0.1) is 0 Å². The van der Waals surface area contributed by atoms with Crippen molar-refractivity contribution in [3.63, 3.8) is 0 Å². The van der Waals surface area contributed by atoms with E-state index in [9.17, 15) is 19.4 Å². The van der Waals surface area contributed by atoms with Gasteiger partial charge in [0.25, 0.3) is 0 Å². The highest BCUT2D eigenvalue weighted by Crippen LogP contribution is 2.41. The van der Waals surface area contributed by atoms with Gasteiger partial charge in [0.2, 0.25) is 0 Å². The zero-order valence-corrected chi connectivity index (χ0v) is 20.6. The zero-order valence-electron chi connectivity index (χ0n) is 20.6. The third-order valence-corrected chi connectivity index (χ3v) is 6.50. The summed E-state index contributed by atoms with van der Waals surface area (Å²) in [6.45, 7) is 4.12. The maximum Gasteiger partial charge on any atom is 0.123 e. The molecule has 1 aromatic carbocycles. The maximum atomic E-state index is 13.9. The Hall–Kier alpha value is -3.42. The molecule has 6 nitrogen and oxygen atoms in total. The number of rotatable bonds is 8. The molecule has 2 atom stereocenters. The van der Waals surface area contributed by atoms with Crippen molar-refractivity contribution in [2.75, 3.05) is 5.73 Å². The lowest BCUT2D eigenvalue weighted by molar-refractivity contribution is -0.109. The molecular formula is C29H32FN3O3. The van der Waals surface area contributed by atoms with E-state index in [1.807, 2.05) is 12.1 Å². The van der Waals surface area contributed by atoms with Gasteiger partial charge < -0.3 is 20.7 Å². The number of aldehydes is 1. The van der Waals surface area contributed by atoms with Crippen LogP contribution in [0.4, 0.5) is 10.2 Å². The largest absolute Gasteiger partial charge is 0.393 e. The highest BCUT2D eigenvalue weighted by atomic mass is 19.1. The minimum Gasteiger partial charge on any atom is -0.393 e. The predicted octanol–water partition coefficient (Wildman–Crippen LogP) is 4.86. The van der Waals surface area contributed by atoms with Crippen LogP contribution in [0.5, 0.6) is 0 Å². The highest BCUT2D eigenvalue weighted by molar-refractivity contribution is 5.85. The van der Waals surface area contributed by atoms with Gasteiger partial charge in [0.05, 0.1) is 29.3 Å². The first-order valence-electron chi connectivity index (χ1n) is 12.3. The standard InChI is InChI=1S/C29H32FN3O3/c1-17(2)28-24(11-10-20(35)16-21(36)14-15-34)27(18-6-8-19(30)9-7-18)23-4-3-5-25-22(29(23)33-28)12-13-26(31)32-25/h6-13,15,17,20-21,35-36H,3-5,14,16H2,1-2H3,(H2,31,32)/b11-10+/t20-,21+/m1/s1. The Bertz CT molecular complexity index is 1270. The second-order valence-corrected chi connectivity index (χ2v) is 9.58. The molecule has 0 bridgehead atoms. The normalized spacial score (nSPS) is 14.8. The van der Waals surface area contributed by atoms with E-state index in [-0.39, 0.29) is 24.6 Å². The number of aliphatic hydroxyl groups is 2. The molecule has 0 saturated carbocycles. The maximum absolute atomic E-state index is 13.9. The van der Waals surface area contributed by atoms with Gasteiger partial charge in [-0.3, -0.25) is 4.98 Å². The van der Waals surface area contributed by atoms with Crippen molar-refractivity contribution in [1.82, 2.24) is 9.97 Å². The number of benzene rings is 1. The molecule has 0 amide bonds. The number of carbonyl (C=O) groups is 1. The number of hydrogen-bond acceptors (Lipinski definition) is 6. The van der Waals surface area contributed by atoms with Crippen LogP contribution in [0.2, 0.25) is 0 Å². The monoisotopic (exact) mass is 489 g/mol. The lowest BCUT2D eigenvalue weighted by Crippen LogP contribution is -2.16. The van der Waals surface area contributed by atoms with Crippen molar-refractivity contribution in [1.29, 1.82) is 0 Å². The molecule has 0 aliphatic heterocycles. The number of aliphatic hydroxyl groups excluding tert-OH is 2. The van der Waals surface area contributed by atoms with Gasteiger partial charge in [-0.25, -0.2) is 9.37 Å². The van der Waals surface area contributed by atoms with Gasteiger partial charge in [-0.05, 0) is 66.1 Å². The number of nitrogens with zero attached hydrogens (tertiary/aromatic N) is 2. The van der Waals surface area contributed by atoms with E-state index in [4.69, 9.17) is 10.7 Å². The molecule has 36 heavy (non-hydrogen) atoms. The van der Waals surface area contributed by atoms with Crippen LogP contribution in [-0.4, -0.2) is 38.7 Å². The lowest BCUT2D eigenvalue weighted by atomic mass is 9.86. The second-order valence-electron chi connectivity index (χ2n) is 9.58. The third-order valence-electron chi connectivity index (χ3n) is 6.50. The number of halogens is 1. The van der Waals surface area contributed by atoms with E-state index in [1.165, 1.54) is 12.1 Å². The minimum atomic E-state index is -0.937. The smallest absolute Gasteiger partial charge is 0.123 e. The Morgan fingerprint density at radius 3 is 2.53 bits per heavy atom. The summed E-state index contributed by atoms with van der Waals surface area (Å²) in [4.78, 5) is 20.4. The first-order valence-corrected chi connectivity index (χ1v) is 12.3. The fourth-order valence-corrected chi connectivity index (χ4v) is 4.81. The highest BCUT2D eigenvalue weighted by Gasteiger charge is 2.26. The van der Waals surface area contributed by atoms with Crippen LogP contribution in [0.1, 0.15) is 61.5 Å². The molecule has 0 radical (unpaired) electrons. The van der Waals surface area contributed by atoms with Crippen molar-refractivity contribution in [2.24, 2.45) is 0 Å². The van der Waals surface area contributed by atoms with Crippen LogP contribution in [-0.2, 0) is 17.6 Å². The van der Waals surface area contributed by atoms with E-state index < -0.39 is 12.2 Å². The van der Waals surface area contributed by atoms with E-state index >= 15 is 0 Å². The molecule has 3 aromatic rings. The predicted molar refractivity (Wildman–Crippen MR) is 140 cm³/mol. The number of nitrogens with two attached hydrogens (primary N) is 1. The summed E-state index contributed by atoms with van der Waals surface area (Å²) in [7, 11) is 0. The quantitative estimate of drug-likeness (QED) is 0.390. The third kappa shape index (κ3) is 5.53. The van der Waals surface area contributed by atoms with Crippen molar-refractivity contribution >= 4 is 18.2 Å². The number of carbonyl (C=O) groups excluding carboxylic acids is 1. The fourth-order valence-electron chi connectivity index (χ4n) is 4.81. The lowest BCUT2D eigenvalue weighted by Gasteiger charge is -2.22. The van der Waals surface area contributed by atoms with Crippen LogP contribution in [0.15, 0.2) is 42.5 Å². The number of fused-ring (bicyclic) bond motifs is 3. The zero-order chi connectivity index (χ0) is 25.8. The Balaban J connectivity index is 1.94. The summed E-state index contributed by atoms with van der Waals surface area (Å²) >= 11 is 0. The summed E-state index contributed by atoms with van der Waals surface area (Å²) in [6, 6.07) is 10.2. The van der Waals surface area contributed by atoms with Gasteiger partial charge >= 0.3 is 0 Å². The molecule has 0 fully saturated rings. The molecule has 2 aromatic heterocycles. The summed E-state index contributed by atoms with van der Waals surface area (Å²) in [6.07, 6.45) is 4.67. The molecule has 1 aliphatic carbocycles. The number of anilines is 1.